The Kier molecular flexibility index (Phi) is 4.23. The highest BCUT2D eigenvalue weighted by atomic mass is 16.2. The SMILES string of the molecule is CC(=O)c1ccc(NC(=O)c2nn(-c3ccccc3)c3c2[C@H]2CC[C@@]3(C)C2(C)C)cc1. The Bertz CT molecular complexity index is 1190. The van der Waals surface area contributed by atoms with Gasteiger partial charge >= 0.3 is 0 Å². The van der Waals surface area contributed by atoms with Crippen LogP contribution < -0.4 is 5.32 Å². The van der Waals surface area contributed by atoms with Gasteiger partial charge in [-0.05, 0) is 67.5 Å². The number of hydrogen-bond donors (Lipinski definition) is 1. The molecule has 1 aromatic heterocycles. The number of nitrogens with one attached hydrogen (secondary N) is 1. The topological polar surface area (TPSA) is 64.0 Å². The zero-order valence-corrected chi connectivity index (χ0v) is 18.4. The van der Waals surface area contributed by atoms with Gasteiger partial charge in [-0.2, -0.15) is 5.10 Å². The van der Waals surface area contributed by atoms with Crippen LogP contribution in [0.4, 0.5) is 5.69 Å². The van der Waals surface area contributed by atoms with Crippen molar-refractivity contribution in [3.63, 3.8) is 0 Å². The van der Waals surface area contributed by atoms with E-state index in [9.17, 15) is 9.59 Å². The third-order valence-corrected chi connectivity index (χ3v) is 7.78. The number of ketones is 1. The summed E-state index contributed by atoms with van der Waals surface area (Å²) in [6.07, 6.45) is 2.17. The molecule has 1 N–H and O–H groups in total. The van der Waals surface area contributed by atoms with Gasteiger partial charge in [0.25, 0.3) is 5.91 Å². The fraction of sp³-hybridized carbons (Fsp3) is 0.346. The van der Waals surface area contributed by atoms with E-state index >= 15 is 0 Å². The lowest BCUT2D eigenvalue weighted by Crippen LogP contribution is -2.33. The smallest absolute Gasteiger partial charge is 0.276 e. The standard InChI is InChI=1S/C26H27N3O2/c1-16(30)17-10-12-18(13-11-17)27-24(31)22-21-20-14-15-26(4,25(20,2)3)23(21)29(28-22)19-8-6-5-7-9-19/h5-13,20H,14-15H2,1-4H3,(H,27,31)/t20-,26-/m1/s1. The van der Waals surface area contributed by atoms with Crippen molar-refractivity contribution in [2.24, 2.45) is 5.41 Å². The Morgan fingerprint density at radius 2 is 1.71 bits per heavy atom. The Balaban J connectivity index is 1.59. The number of Topliss-reactive ketones (excluding diaryl/α,β-unsaturated/α-hetero) is 1. The van der Waals surface area contributed by atoms with Gasteiger partial charge in [0, 0.05) is 22.2 Å². The molecule has 2 aromatic carbocycles. The summed E-state index contributed by atoms with van der Waals surface area (Å²) in [7, 11) is 0. The van der Waals surface area contributed by atoms with E-state index in [-0.39, 0.29) is 22.5 Å². The first-order valence-corrected chi connectivity index (χ1v) is 10.9. The highest BCUT2D eigenvalue weighted by Crippen LogP contribution is 2.68. The molecule has 2 bridgehead atoms. The zero-order chi connectivity index (χ0) is 22.0. The predicted octanol–water partition coefficient (Wildman–Crippen LogP) is 5.50. The number of carbonyl (C=O) groups is 2. The molecule has 2 aliphatic carbocycles. The van der Waals surface area contributed by atoms with Crippen LogP contribution in [0.3, 0.4) is 0 Å². The first kappa shape index (κ1) is 19.7. The van der Waals surface area contributed by atoms with Crippen LogP contribution >= 0.6 is 0 Å². The number of carbonyl (C=O) groups excluding carboxylic acids is 2. The Morgan fingerprint density at radius 3 is 2.35 bits per heavy atom. The monoisotopic (exact) mass is 413 g/mol. The molecule has 5 rings (SSSR count). The van der Waals surface area contributed by atoms with E-state index in [2.05, 4.69) is 26.1 Å². The van der Waals surface area contributed by atoms with Crippen LogP contribution in [0.25, 0.3) is 5.69 Å². The first-order chi connectivity index (χ1) is 14.7. The maximum Gasteiger partial charge on any atom is 0.276 e. The van der Waals surface area contributed by atoms with Crippen LogP contribution in [0.2, 0.25) is 0 Å². The molecule has 31 heavy (non-hydrogen) atoms. The summed E-state index contributed by atoms with van der Waals surface area (Å²) in [4.78, 5) is 24.9. The molecule has 0 saturated heterocycles. The van der Waals surface area contributed by atoms with Gasteiger partial charge in [-0.1, -0.05) is 39.0 Å². The minimum atomic E-state index is -0.201. The predicted molar refractivity (Wildman–Crippen MR) is 121 cm³/mol. The molecule has 1 heterocycles. The number of hydrogen-bond acceptors (Lipinski definition) is 3. The second kappa shape index (κ2) is 6.64. The maximum atomic E-state index is 13.4. The molecule has 0 radical (unpaired) electrons. The molecule has 0 spiro atoms. The fourth-order valence-electron chi connectivity index (χ4n) is 5.62. The van der Waals surface area contributed by atoms with Gasteiger partial charge in [0.1, 0.15) is 0 Å². The highest BCUT2D eigenvalue weighted by molar-refractivity contribution is 6.05. The normalized spacial score (nSPS) is 22.9. The van der Waals surface area contributed by atoms with Crippen molar-refractivity contribution in [3.8, 4) is 5.69 Å². The average molecular weight is 414 g/mol. The van der Waals surface area contributed by atoms with Gasteiger partial charge in [0.2, 0.25) is 0 Å². The van der Waals surface area contributed by atoms with Gasteiger partial charge < -0.3 is 5.32 Å². The lowest BCUT2D eigenvalue weighted by atomic mass is 9.70. The van der Waals surface area contributed by atoms with Gasteiger partial charge in [0.05, 0.1) is 11.4 Å². The Morgan fingerprint density at radius 1 is 1.03 bits per heavy atom. The minimum absolute atomic E-state index is 0.00352. The maximum absolute atomic E-state index is 13.4. The summed E-state index contributed by atoms with van der Waals surface area (Å²) in [5, 5.41) is 7.84. The van der Waals surface area contributed by atoms with Gasteiger partial charge in [-0.3, -0.25) is 9.59 Å². The van der Waals surface area contributed by atoms with Crippen molar-refractivity contribution >= 4 is 17.4 Å². The number of fused-ring (bicyclic) bond motifs is 5. The number of amides is 1. The summed E-state index contributed by atoms with van der Waals surface area (Å²) >= 11 is 0. The lowest BCUT2D eigenvalue weighted by molar-refractivity contribution is 0.101. The van der Waals surface area contributed by atoms with Gasteiger partial charge in [0.15, 0.2) is 11.5 Å². The molecule has 1 fully saturated rings. The number of para-hydroxylation sites is 1. The van der Waals surface area contributed by atoms with E-state index in [0.717, 1.165) is 24.1 Å². The number of anilines is 1. The number of aromatic nitrogens is 2. The summed E-state index contributed by atoms with van der Waals surface area (Å²) < 4.78 is 1.99. The minimum Gasteiger partial charge on any atom is -0.321 e. The second-order valence-corrected chi connectivity index (χ2v) is 9.59. The lowest BCUT2D eigenvalue weighted by Gasteiger charge is -2.35. The average Bonchev–Trinajstić information content (AvgIpc) is 3.31. The fourth-order valence-corrected chi connectivity index (χ4v) is 5.62. The molecule has 2 aliphatic rings. The van der Waals surface area contributed by atoms with Crippen LogP contribution in [0, 0.1) is 5.41 Å². The van der Waals surface area contributed by atoms with E-state index in [1.54, 1.807) is 24.3 Å². The Labute approximate surface area is 182 Å². The van der Waals surface area contributed by atoms with Crippen LogP contribution in [0.15, 0.2) is 54.6 Å². The molecule has 2 atom stereocenters. The van der Waals surface area contributed by atoms with E-state index in [1.807, 2.05) is 35.0 Å². The number of nitrogens with zero attached hydrogens (tertiary/aromatic N) is 2. The molecule has 5 heteroatoms. The van der Waals surface area contributed by atoms with Crippen molar-refractivity contribution in [2.75, 3.05) is 5.32 Å². The summed E-state index contributed by atoms with van der Waals surface area (Å²) in [6.45, 7) is 8.50. The molecular weight excluding hydrogens is 386 g/mol. The summed E-state index contributed by atoms with van der Waals surface area (Å²) in [5.74, 6) is 0.114. The summed E-state index contributed by atoms with van der Waals surface area (Å²) in [5.41, 5.74) is 5.08. The molecule has 1 amide bonds. The van der Waals surface area contributed by atoms with Crippen LogP contribution in [-0.2, 0) is 5.41 Å². The van der Waals surface area contributed by atoms with E-state index in [0.29, 0.717) is 22.9 Å². The van der Waals surface area contributed by atoms with E-state index in [1.165, 1.54) is 12.6 Å². The Hall–Kier alpha value is -3.21. The van der Waals surface area contributed by atoms with Crippen LogP contribution in [0.5, 0.6) is 0 Å². The van der Waals surface area contributed by atoms with Crippen molar-refractivity contribution in [3.05, 3.63) is 77.1 Å². The molecule has 158 valence electrons. The quantitative estimate of drug-likeness (QED) is 0.574. The van der Waals surface area contributed by atoms with Crippen molar-refractivity contribution < 1.29 is 9.59 Å². The second-order valence-electron chi connectivity index (χ2n) is 9.59. The van der Waals surface area contributed by atoms with Crippen molar-refractivity contribution in [1.29, 1.82) is 0 Å². The first-order valence-electron chi connectivity index (χ1n) is 10.9. The largest absolute Gasteiger partial charge is 0.321 e. The zero-order valence-electron chi connectivity index (χ0n) is 18.4. The van der Waals surface area contributed by atoms with Crippen LogP contribution in [0.1, 0.15) is 78.6 Å². The number of rotatable bonds is 4. The van der Waals surface area contributed by atoms with Gasteiger partial charge in [-0.15, -0.1) is 0 Å². The van der Waals surface area contributed by atoms with E-state index < -0.39 is 0 Å². The van der Waals surface area contributed by atoms with Crippen LogP contribution in [-0.4, -0.2) is 21.5 Å². The third kappa shape index (κ3) is 2.72. The van der Waals surface area contributed by atoms with E-state index in [4.69, 9.17) is 5.10 Å². The highest BCUT2D eigenvalue weighted by Gasteiger charge is 2.63. The third-order valence-electron chi connectivity index (χ3n) is 7.78. The van der Waals surface area contributed by atoms with Crippen molar-refractivity contribution in [1.82, 2.24) is 9.78 Å². The molecule has 1 saturated carbocycles. The van der Waals surface area contributed by atoms with Gasteiger partial charge in [-0.25, -0.2) is 4.68 Å². The molecule has 5 nitrogen and oxygen atoms in total. The summed E-state index contributed by atoms with van der Waals surface area (Å²) in [6, 6.07) is 17.1. The van der Waals surface area contributed by atoms with Crippen molar-refractivity contribution in [2.45, 2.75) is 51.9 Å². The molecule has 0 unspecified atom stereocenters. The molecular formula is C26H27N3O2. The molecule has 0 aliphatic heterocycles. The molecule has 3 aromatic rings. The number of benzene rings is 2.